The van der Waals surface area contributed by atoms with Crippen LogP contribution in [0.3, 0.4) is 0 Å². The number of aliphatic hydroxyl groups excluding tert-OH is 1. The third-order valence-electron chi connectivity index (χ3n) is 3.38. The molecule has 1 saturated heterocycles. The van der Waals surface area contributed by atoms with Gasteiger partial charge in [0.05, 0.1) is 0 Å². The standard InChI is InChI=1S/C13H19BrN2O2/c1-2-4-15-8-11(14)6-12(15)13(18)16-5-3-10(7-16)9-17/h6,8,10,17H,2-5,7,9H2,1H3. The minimum Gasteiger partial charge on any atom is -0.396 e. The molecule has 0 radical (unpaired) electrons. The van der Waals surface area contributed by atoms with Crippen LogP contribution in [-0.4, -0.2) is 40.2 Å². The van der Waals surface area contributed by atoms with Gasteiger partial charge in [0.15, 0.2) is 0 Å². The molecule has 1 aliphatic rings. The van der Waals surface area contributed by atoms with E-state index in [1.165, 1.54) is 0 Å². The summed E-state index contributed by atoms with van der Waals surface area (Å²) in [5.41, 5.74) is 0.738. The summed E-state index contributed by atoms with van der Waals surface area (Å²) in [6, 6.07) is 1.88. The summed E-state index contributed by atoms with van der Waals surface area (Å²) >= 11 is 3.42. The number of hydrogen-bond acceptors (Lipinski definition) is 2. The van der Waals surface area contributed by atoms with Gasteiger partial charge in [0.25, 0.3) is 5.91 Å². The summed E-state index contributed by atoms with van der Waals surface area (Å²) < 4.78 is 2.94. The van der Waals surface area contributed by atoms with Gasteiger partial charge in [0.1, 0.15) is 5.69 Å². The lowest BCUT2D eigenvalue weighted by Gasteiger charge is -2.17. The average molecular weight is 315 g/mol. The molecule has 1 aromatic rings. The first-order valence-electron chi connectivity index (χ1n) is 6.41. The van der Waals surface area contributed by atoms with Crippen molar-refractivity contribution in [2.75, 3.05) is 19.7 Å². The van der Waals surface area contributed by atoms with Crippen LogP contribution in [0.25, 0.3) is 0 Å². The van der Waals surface area contributed by atoms with Crippen molar-refractivity contribution in [1.82, 2.24) is 9.47 Å². The average Bonchev–Trinajstić information content (AvgIpc) is 2.95. The Kier molecular flexibility index (Phi) is 4.45. The molecular weight excluding hydrogens is 296 g/mol. The fourth-order valence-electron chi connectivity index (χ4n) is 2.41. The summed E-state index contributed by atoms with van der Waals surface area (Å²) in [7, 11) is 0. The zero-order chi connectivity index (χ0) is 13.1. The van der Waals surface area contributed by atoms with Crippen molar-refractivity contribution >= 4 is 21.8 Å². The lowest BCUT2D eigenvalue weighted by Crippen LogP contribution is -2.30. The first-order chi connectivity index (χ1) is 8.65. The second-order valence-electron chi connectivity index (χ2n) is 4.83. The van der Waals surface area contributed by atoms with Gasteiger partial charge in [-0.05, 0) is 34.8 Å². The predicted octanol–water partition coefficient (Wildman–Crippen LogP) is 2.12. The number of aromatic nitrogens is 1. The highest BCUT2D eigenvalue weighted by molar-refractivity contribution is 9.10. The molecule has 2 heterocycles. The first-order valence-corrected chi connectivity index (χ1v) is 7.20. The van der Waals surface area contributed by atoms with E-state index in [1.807, 2.05) is 21.7 Å². The van der Waals surface area contributed by atoms with Crippen LogP contribution in [0.4, 0.5) is 0 Å². The van der Waals surface area contributed by atoms with Crippen molar-refractivity contribution in [3.05, 3.63) is 22.4 Å². The van der Waals surface area contributed by atoms with Crippen LogP contribution >= 0.6 is 15.9 Å². The van der Waals surface area contributed by atoms with Gasteiger partial charge in [-0.15, -0.1) is 0 Å². The van der Waals surface area contributed by atoms with Crippen LogP contribution in [0.1, 0.15) is 30.3 Å². The number of hydrogen-bond donors (Lipinski definition) is 1. The fourth-order valence-corrected chi connectivity index (χ4v) is 2.87. The smallest absolute Gasteiger partial charge is 0.270 e. The maximum atomic E-state index is 12.4. The van der Waals surface area contributed by atoms with Crippen molar-refractivity contribution in [1.29, 1.82) is 0 Å². The lowest BCUT2D eigenvalue weighted by molar-refractivity contribution is 0.0771. The molecule has 1 amide bonds. The second kappa shape index (κ2) is 5.89. The summed E-state index contributed by atoms with van der Waals surface area (Å²) in [5, 5.41) is 9.13. The number of aryl methyl sites for hydroxylation is 1. The molecule has 0 bridgehead atoms. The maximum Gasteiger partial charge on any atom is 0.270 e. The van der Waals surface area contributed by atoms with Crippen molar-refractivity contribution in [2.24, 2.45) is 5.92 Å². The molecular formula is C13H19BrN2O2. The van der Waals surface area contributed by atoms with Crippen LogP contribution in [0.5, 0.6) is 0 Å². The van der Waals surface area contributed by atoms with Crippen molar-refractivity contribution < 1.29 is 9.90 Å². The van der Waals surface area contributed by atoms with Crippen molar-refractivity contribution in [3.8, 4) is 0 Å². The van der Waals surface area contributed by atoms with Crippen LogP contribution in [0.15, 0.2) is 16.7 Å². The van der Waals surface area contributed by atoms with Crippen molar-refractivity contribution in [3.63, 3.8) is 0 Å². The maximum absolute atomic E-state index is 12.4. The van der Waals surface area contributed by atoms with E-state index in [2.05, 4.69) is 22.9 Å². The third-order valence-corrected chi connectivity index (χ3v) is 3.81. The number of halogens is 1. The number of nitrogens with zero attached hydrogens (tertiary/aromatic N) is 2. The minimum atomic E-state index is 0.0742. The van der Waals surface area contributed by atoms with Gasteiger partial charge < -0.3 is 14.6 Å². The normalized spacial score (nSPS) is 19.5. The Hall–Kier alpha value is -0.810. The molecule has 1 N–H and O–H groups in total. The fraction of sp³-hybridized carbons (Fsp3) is 0.615. The first kappa shape index (κ1) is 13.6. The van der Waals surface area contributed by atoms with Crippen LogP contribution in [-0.2, 0) is 6.54 Å². The van der Waals surface area contributed by atoms with Gasteiger partial charge in [0.2, 0.25) is 0 Å². The molecule has 1 unspecified atom stereocenters. The van der Waals surface area contributed by atoms with Crippen LogP contribution in [0, 0.1) is 5.92 Å². The van der Waals surface area contributed by atoms with Crippen molar-refractivity contribution in [2.45, 2.75) is 26.3 Å². The number of likely N-dealkylation sites (tertiary alicyclic amines) is 1. The Balaban J connectivity index is 2.13. The zero-order valence-electron chi connectivity index (χ0n) is 10.6. The number of carbonyl (C=O) groups excluding carboxylic acids is 1. The summed E-state index contributed by atoms with van der Waals surface area (Å²) in [6.45, 7) is 4.54. The van der Waals surface area contributed by atoms with E-state index in [0.717, 1.165) is 36.1 Å². The second-order valence-corrected chi connectivity index (χ2v) is 5.74. The molecule has 0 saturated carbocycles. The SMILES string of the molecule is CCCn1cc(Br)cc1C(=O)N1CCC(CO)C1. The van der Waals surface area contributed by atoms with E-state index < -0.39 is 0 Å². The van der Waals surface area contributed by atoms with Crippen LogP contribution < -0.4 is 0 Å². The number of aliphatic hydroxyl groups is 1. The molecule has 1 aromatic heterocycles. The van der Waals surface area contributed by atoms with Gasteiger partial charge in [-0.25, -0.2) is 0 Å². The van der Waals surface area contributed by atoms with Gasteiger partial charge in [-0.3, -0.25) is 4.79 Å². The Bertz CT molecular complexity index is 431. The topological polar surface area (TPSA) is 45.5 Å². The van der Waals surface area contributed by atoms with E-state index in [9.17, 15) is 4.79 Å². The van der Waals surface area contributed by atoms with Gasteiger partial charge >= 0.3 is 0 Å². The Morgan fingerprint density at radius 1 is 1.61 bits per heavy atom. The summed E-state index contributed by atoms with van der Waals surface area (Å²) in [5.74, 6) is 0.317. The molecule has 0 spiro atoms. The molecule has 100 valence electrons. The molecule has 1 fully saturated rings. The third kappa shape index (κ3) is 2.78. The van der Waals surface area contributed by atoms with E-state index in [0.29, 0.717) is 6.54 Å². The van der Waals surface area contributed by atoms with E-state index >= 15 is 0 Å². The number of carbonyl (C=O) groups is 1. The highest BCUT2D eigenvalue weighted by atomic mass is 79.9. The van der Waals surface area contributed by atoms with Gasteiger partial charge in [0, 0.05) is 42.8 Å². The number of rotatable bonds is 4. The molecule has 0 aromatic carbocycles. The highest BCUT2D eigenvalue weighted by Crippen LogP contribution is 2.21. The molecule has 1 aliphatic heterocycles. The molecule has 1 atom stereocenters. The van der Waals surface area contributed by atoms with Gasteiger partial charge in [-0.1, -0.05) is 6.92 Å². The monoisotopic (exact) mass is 314 g/mol. The van der Waals surface area contributed by atoms with E-state index in [-0.39, 0.29) is 18.4 Å². The Morgan fingerprint density at radius 3 is 3.00 bits per heavy atom. The van der Waals surface area contributed by atoms with Gasteiger partial charge in [-0.2, -0.15) is 0 Å². The number of amides is 1. The largest absolute Gasteiger partial charge is 0.396 e. The molecule has 4 nitrogen and oxygen atoms in total. The minimum absolute atomic E-state index is 0.0742. The summed E-state index contributed by atoms with van der Waals surface area (Å²) in [6.07, 6.45) is 3.86. The zero-order valence-corrected chi connectivity index (χ0v) is 12.2. The molecule has 2 rings (SSSR count). The molecule has 0 aliphatic carbocycles. The summed E-state index contributed by atoms with van der Waals surface area (Å²) in [4.78, 5) is 14.3. The van der Waals surface area contributed by atoms with Crippen LogP contribution in [0.2, 0.25) is 0 Å². The Labute approximate surface area is 116 Å². The lowest BCUT2D eigenvalue weighted by atomic mass is 10.1. The Morgan fingerprint density at radius 2 is 2.39 bits per heavy atom. The molecule has 5 heteroatoms. The molecule has 18 heavy (non-hydrogen) atoms. The predicted molar refractivity (Wildman–Crippen MR) is 73.5 cm³/mol. The van der Waals surface area contributed by atoms with E-state index in [1.54, 1.807) is 0 Å². The highest BCUT2D eigenvalue weighted by Gasteiger charge is 2.28. The van der Waals surface area contributed by atoms with E-state index in [4.69, 9.17) is 5.11 Å². The quantitative estimate of drug-likeness (QED) is 0.925.